The third-order valence-electron chi connectivity index (χ3n) is 3.42. The molecule has 0 unspecified atom stereocenters. The van der Waals surface area contributed by atoms with E-state index in [0.29, 0.717) is 24.2 Å². The van der Waals surface area contributed by atoms with Crippen LogP contribution in [0.3, 0.4) is 0 Å². The maximum Gasteiger partial charge on any atom is 0.417 e. The summed E-state index contributed by atoms with van der Waals surface area (Å²) in [6.45, 7) is 5.89. The number of rotatable bonds is 4. The molecule has 1 N–H and O–H groups in total. The lowest BCUT2D eigenvalue weighted by Crippen LogP contribution is -2.37. The van der Waals surface area contributed by atoms with Crippen molar-refractivity contribution >= 4 is 17.7 Å². The Morgan fingerprint density at radius 3 is 2.50 bits per heavy atom. The minimum atomic E-state index is -0.637. The van der Waals surface area contributed by atoms with Gasteiger partial charge in [0.15, 0.2) is 0 Å². The van der Waals surface area contributed by atoms with E-state index in [1.165, 1.54) is 0 Å². The number of nitrogens with zero attached hydrogens (tertiary/aromatic N) is 1. The van der Waals surface area contributed by atoms with Crippen LogP contribution in [-0.4, -0.2) is 42.8 Å². The molecule has 0 aliphatic carbocycles. The minimum absolute atomic E-state index is 0.262. The van der Waals surface area contributed by atoms with Crippen LogP contribution in [0.25, 0.3) is 0 Å². The van der Waals surface area contributed by atoms with Gasteiger partial charge in [-0.1, -0.05) is 18.2 Å². The van der Waals surface area contributed by atoms with Crippen molar-refractivity contribution in [2.45, 2.75) is 32.8 Å². The zero-order valence-corrected chi connectivity index (χ0v) is 14.6. The van der Waals surface area contributed by atoms with E-state index in [1.54, 1.807) is 27.9 Å². The van der Waals surface area contributed by atoms with Crippen LogP contribution in [0, 0.1) is 0 Å². The Morgan fingerprint density at radius 1 is 1.25 bits per heavy atom. The number of ether oxygens (including phenoxy) is 2. The van der Waals surface area contributed by atoms with E-state index in [-0.39, 0.29) is 12.5 Å². The number of amides is 2. The Hall–Kier alpha value is -2.34. The van der Waals surface area contributed by atoms with Gasteiger partial charge in [0.2, 0.25) is 0 Å². The van der Waals surface area contributed by atoms with E-state index < -0.39 is 11.7 Å². The van der Waals surface area contributed by atoms with Gasteiger partial charge in [0.05, 0.1) is 12.3 Å². The average Bonchev–Trinajstić information content (AvgIpc) is 2.88. The highest BCUT2D eigenvalue weighted by Gasteiger charge is 2.35. The molecule has 0 atom stereocenters. The SMILES string of the molecule is COC/C(Nc1ccccc1)=C1\CCN(C(=O)OC(C)(C)C)C1=O. The fraction of sp³-hybridized carbons (Fsp3) is 0.444. The summed E-state index contributed by atoms with van der Waals surface area (Å²) in [4.78, 5) is 25.9. The molecule has 1 aromatic carbocycles. The number of imide groups is 1. The first-order valence-electron chi connectivity index (χ1n) is 7.89. The molecular formula is C18H24N2O4. The number of hydrogen-bond acceptors (Lipinski definition) is 5. The molecule has 1 saturated heterocycles. The van der Waals surface area contributed by atoms with Crippen molar-refractivity contribution in [2.75, 3.05) is 25.6 Å². The second-order valence-corrected chi connectivity index (χ2v) is 6.57. The Bertz CT molecular complexity index is 632. The maximum atomic E-state index is 12.6. The first-order chi connectivity index (χ1) is 11.3. The Labute approximate surface area is 142 Å². The molecule has 1 fully saturated rings. The minimum Gasteiger partial charge on any atom is -0.443 e. The molecule has 2 rings (SSSR count). The first kappa shape index (κ1) is 18.0. The van der Waals surface area contributed by atoms with Crippen molar-refractivity contribution in [3.05, 3.63) is 41.6 Å². The highest BCUT2D eigenvalue weighted by Crippen LogP contribution is 2.24. The second-order valence-electron chi connectivity index (χ2n) is 6.57. The van der Waals surface area contributed by atoms with Gasteiger partial charge in [-0.25, -0.2) is 9.69 Å². The van der Waals surface area contributed by atoms with Crippen LogP contribution >= 0.6 is 0 Å². The van der Waals surface area contributed by atoms with Crippen molar-refractivity contribution < 1.29 is 19.1 Å². The molecule has 24 heavy (non-hydrogen) atoms. The van der Waals surface area contributed by atoms with Gasteiger partial charge in [0.25, 0.3) is 5.91 Å². The number of para-hydroxylation sites is 1. The second kappa shape index (κ2) is 7.49. The number of carbonyl (C=O) groups is 2. The van der Waals surface area contributed by atoms with Crippen LogP contribution in [0.1, 0.15) is 27.2 Å². The third kappa shape index (κ3) is 4.58. The van der Waals surface area contributed by atoms with Crippen molar-refractivity contribution in [3.63, 3.8) is 0 Å². The molecule has 0 radical (unpaired) electrons. The van der Waals surface area contributed by atoms with Crippen molar-refractivity contribution in [1.29, 1.82) is 0 Å². The van der Waals surface area contributed by atoms with Crippen molar-refractivity contribution in [3.8, 4) is 0 Å². The summed E-state index contributed by atoms with van der Waals surface area (Å²) in [5.74, 6) is -0.334. The number of likely N-dealkylation sites (tertiary alicyclic amines) is 1. The quantitative estimate of drug-likeness (QED) is 0.858. The monoisotopic (exact) mass is 332 g/mol. The van der Waals surface area contributed by atoms with Crippen LogP contribution < -0.4 is 5.32 Å². The molecule has 1 heterocycles. The predicted molar refractivity (Wildman–Crippen MR) is 91.5 cm³/mol. The van der Waals surface area contributed by atoms with E-state index in [4.69, 9.17) is 9.47 Å². The van der Waals surface area contributed by atoms with Gasteiger partial charge in [-0.05, 0) is 39.3 Å². The molecule has 1 aromatic rings. The van der Waals surface area contributed by atoms with Gasteiger partial charge in [0, 0.05) is 24.9 Å². The number of methoxy groups -OCH3 is 1. The summed E-state index contributed by atoms with van der Waals surface area (Å²) in [5.41, 5.74) is 1.44. The van der Waals surface area contributed by atoms with Crippen LogP contribution in [0.4, 0.5) is 10.5 Å². The topological polar surface area (TPSA) is 67.9 Å². The molecule has 0 spiro atoms. The predicted octanol–water partition coefficient (Wildman–Crippen LogP) is 3.17. The van der Waals surface area contributed by atoms with Gasteiger partial charge >= 0.3 is 6.09 Å². The largest absolute Gasteiger partial charge is 0.443 e. The highest BCUT2D eigenvalue weighted by molar-refractivity contribution is 6.05. The van der Waals surface area contributed by atoms with E-state index in [2.05, 4.69) is 5.32 Å². The van der Waals surface area contributed by atoms with Gasteiger partial charge in [-0.2, -0.15) is 0 Å². The average molecular weight is 332 g/mol. The Balaban J connectivity index is 2.19. The lowest BCUT2D eigenvalue weighted by atomic mass is 10.1. The smallest absolute Gasteiger partial charge is 0.417 e. The van der Waals surface area contributed by atoms with Gasteiger partial charge in [-0.3, -0.25) is 4.79 Å². The normalized spacial score (nSPS) is 17.0. The van der Waals surface area contributed by atoms with Crippen molar-refractivity contribution in [2.24, 2.45) is 0 Å². The van der Waals surface area contributed by atoms with Gasteiger partial charge in [-0.15, -0.1) is 0 Å². The zero-order valence-electron chi connectivity index (χ0n) is 14.6. The van der Waals surface area contributed by atoms with Gasteiger partial charge in [0.1, 0.15) is 5.60 Å². The molecule has 0 bridgehead atoms. The molecular weight excluding hydrogens is 308 g/mol. The number of benzene rings is 1. The molecule has 1 aliphatic rings. The zero-order chi connectivity index (χ0) is 17.7. The molecule has 2 amide bonds. The Kier molecular flexibility index (Phi) is 5.62. The summed E-state index contributed by atoms with van der Waals surface area (Å²) in [6, 6.07) is 9.53. The number of anilines is 1. The van der Waals surface area contributed by atoms with Crippen molar-refractivity contribution in [1.82, 2.24) is 4.90 Å². The lowest BCUT2D eigenvalue weighted by molar-refractivity contribution is -0.124. The lowest BCUT2D eigenvalue weighted by Gasteiger charge is -2.23. The molecule has 0 saturated carbocycles. The summed E-state index contributed by atoms with van der Waals surface area (Å²) in [5, 5.41) is 3.22. The maximum absolute atomic E-state index is 12.6. The standard InChI is InChI=1S/C18H24N2O4/c1-18(2,3)24-17(22)20-11-10-14(16(20)21)15(12-23-4)19-13-8-6-5-7-9-13/h5-9,19H,10-12H2,1-4H3/b15-14-. The molecule has 1 aliphatic heterocycles. The molecule has 6 nitrogen and oxygen atoms in total. The van der Waals surface area contributed by atoms with Gasteiger partial charge < -0.3 is 14.8 Å². The fourth-order valence-corrected chi connectivity index (χ4v) is 2.40. The Morgan fingerprint density at radius 2 is 1.92 bits per heavy atom. The van der Waals surface area contributed by atoms with E-state index in [1.807, 2.05) is 30.3 Å². The summed E-state index contributed by atoms with van der Waals surface area (Å²) in [7, 11) is 1.57. The van der Waals surface area contributed by atoms with Crippen LogP contribution in [0.2, 0.25) is 0 Å². The van der Waals surface area contributed by atoms with E-state index in [0.717, 1.165) is 10.6 Å². The number of hydrogen-bond donors (Lipinski definition) is 1. The fourth-order valence-electron chi connectivity index (χ4n) is 2.40. The molecule has 0 aromatic heterocycles. The first-order valence-corrected chi connectivity index (χ1v) is 7.89. The number of carbonyl (C=O) groups excluding carboxylic acids is 2. The molecule has 6 heteroatoms. The molecule has 130 valence electrons. The summed E-state index contributed by atoms with van der Waals surface area (Å²) < 4.78 is 10.5. The van der Waals surface area contributed by atoms with Crippen LogP contribution in [0.15, 0.2) is 41.6 Å². The van der Waals surface area contributed by atoms with E-state index in [9.17, 15) is 9.59 Å². The van der Waals surface area contributed by atoms with Crippen LogP contribution in [-0.2, 0) is 14.3 Å². The third-order valence-corrected chi connectivity index (χ3v) is 3.42. The number of nitrogens with one attached hydrogen (secondary N) is 1. The summed E-state index contributed by atoms with van der Waals surface area (Å²) in [6.07, 6.45) is -0.143. The van der Waals surface area contributed by atoms with E-state index >= 15 is 0 Å². The van der Waals surface area contributed by atoms with Crippen LogP contribution in [0.5, 0.6) is 0 Å². The summed E-state index contributed by atoms with van der Waals surface area (Å²) >= 11 is 0. The highest BCUT2D eigenvalue weighted by atomic mass is 16.6.